The summed E-state index contributed by atoms with van der Waals surface area (Å²) < 4.78 is 1.48. The van der Waals surface area contributed by atoms with Crippen LogP contribution in [-0.4, -0.2) is 26.8 Å². The van der Waals surface area contributed by atoms with Crippen molar-refractivity contribution in [3.05, 3.63) is 22.1 Å². The van der Waals surface area contributed by atoms with E-state index in [1.54, 1.807) is 14.0 Å². The summed E-state index contributed by atoms with van der Waals surface area (Å²) in [4.78, 5) is 28.3. The van der Waals surface area contributed by atoms with E-state index in [-0.39, 0.29) is 22.8 Å². The first kappa shape index (κ1) is 16.8. The maximum absolute atomic E-state index is 12.2. The second kappa shape index (κ2) is 7.47. The van der Waals surface area contributed by atoms with Crippen LogP contribution in [0.15, 0.2) is 16.0 Å². The number of hydrogen-bond donors (Lipinski definition) is 1. The molecule has 0 radical (unpaired) electrons. The highest BCUT2D eigenvalue weighted by molar-refractivity contribution is 8.00. The van der Waals surface area contributed by atoms with E-state index in [4.69, 9.17) is 0 Å². The van der Waals surface area contributed by atoms with Crippen molar-refractivity contribution in [1.29, 1.82) is 0 Å². The van der Waals surface area contributed by atoms with Crippen LogP contribution in [-0.2, 0) is 11.8 Å². The van der Waals surface area contributed by atoms with Crippen molar-refractivity contribution in [1.82, 2.24) is 14.9 Å². The molecule has 0 aromatic carbocycles. The smallest absolute Gasteiger partial charge is 0.254 e. The lowest BCUT2D eigenvalue weighted by Gasteiger charge is -2.18. The van der Waals surface area contributed by atoms with Crippen LogP contribution in [0.1, 0.15) is 39.3 Å². The number of aromatic nitrogens is 2. The minimum Gasteiger partial charge on any atom is -0.353 e. The quantitative estimate of drug-likeness (QED) is 0.643. The van der Waals surface area contributed by atoms with Gasteiger partial charge >= 0.3 is 0 Å². The lowest BCUT2D eigenvalue weighted by Crippen LogP contribution is -2.38. The van der Waals surface area contributed by atoms with E-state index < -0.39 is 0 Å². The molecule has 0 saturated carbocycles. The molecular formula is C14H23N3O2S. The fourth-order valence-corrected chi connectivity index (χ4v) is 2.66. The number of carbonyl (C=O) groups is 1. The maximum Gasteiger partial charge on any atom is 0.254 e. The zero-order chi connectivity index (χ0) is 15.3. The first-order valence-corrected chi connectivity index (χ1v) is 7.78. The summed E-state index contributed by atoms with van der Waals surface area (Å²) in [6.45, 7) is 7.76. The molecule has 1 rings (SSSR count). The standard InChI is InChI=1S/C14H23N3O2S/c1-6-9(3)15-13(19)11(7-2)20-14-16-10(4)8-12(18)17(14)5/h8-9,11H,6-7H2,1-5H3,(H,15,19). The minimum atomic E-state index is -0.233. The Bertz CT molecular complexity index is 528. The van der Waals surface area contributed by atoms with E-state index in [1.807, 2.05) is 20.8 Å². The predicted molar refractivity (Wildman–Crippen MR) is 82.0 cm³/mol. The Morgan fingerprint density at radius 2 is 2.10 bits per heavy atom. The van der Waals surface area contributed by atoms with Gasteiger partial charge in [0.1, 0.15) is 0 Å². The molecule has 20 heavy (non-hydrogen) atoms. The summed E-state index contributed by atoms with van der Waals surface area (Å²) in [5, 5.41) is 3.33. The molecular weight excluding hydrogens is 274 g/mol. The second-order valence-electron chi connectivity index (χ2n) is 4.91. The van der Waals surface area contributed by atoms with Crippen LogP contribution < -0.4 is 10.9 Å². The molecule has 0 aliphatic carbocycles. The first-order chi connectivity index (χ1) is 9.38. The molecule has 1 aromatic rings. The molecule has 112 valence electrons. The molecule has 1 aromatic heterocycles. The van der Waals surface area contributed by atoms with Crippen molar-refractivity contribution in [2.24, 2.45) is 7.05 Å². The molecule has 0 saturated heterocycles. The maximum atomic E-state index is 12.2. The van der Waals surface area contributed by atoms with Crippen molar-refractivity contribution in [2.45, 2.75) is 57.0 Å². The average Bonchev–Trinajstić information content (AvgIpc) is 2.40. The van der Waals surface area contributed by atoms with Crippen LogP contribution in [0.5, 0.6) is 0 Å². The number of thioether (sulfide) groups is 1. The monoisotopic (exact) mass is 297 g/mol. The third kappa shape index (κ3) is 4.37. The lowest BCUT2D eigenvalue weighted by molar-refractivity contribution is -0.121. The molecule has 1 N–H and O–H groups in total. The number of carbonyl (C=O) groups excluding carboxylic acids is 1. The van der Waals surface area contributed by atoms with Gasteiger partial charge < -0.3 is 5.32 Å². The fraction of sp³-hybridized carbons (Fsp3) is 0.643. The summed E-state index contributed by atoms with van der Waals surface area (Å²) >= 11 is 1.34. The van der Waals surface area contributed by atoms with Gasteiger partial charge in [-0.3, -0.25) is 14.2 Å². The van der Waals surface area contributed by atoms with Crippen molar-refractivity contribution < 1.29 is 4.79 Å². The number of aryl methyl sites for hydroxylation is 1. The van der Waals surface area contributed by atoms with Gasteiger partial charge in [0.15, 0.2) is 5.16 Å². The highest BCUT2D eigenvalue weighted by Crippen LogP contribution is 2.23. The Morgan fingerprint density at radius 3 is 2.65 bits per heavy atom. The summed E-state index contributed by atoms with van der Waals surface area (Å²) in [7, 11) is 1.68. The average molecular weight is 297 g/mol. The molecule has 1 amide bonds. The van der Waals surface area contributed by atoms with Gasteiger partial charge in [-0.2, -0.15) is 0 Å². The Hall–Kier alpha value is -1.30. The SMILES string of the molecule is CCC(C)NC(=O)C(CC)Sc1nc(C)cc(=O)n1C. The van der Waals surface area contributed by atoms with Gasteiger partial charge in [0.25, 0.3) is 5.56 Å². The van der Waals surface area contributed by atoms with Gasteiger partial charge in [0, 0.05) is 24.8 Å². The highest BCUT2D eigenvalue weighted by Gasteiger charge is 2.21. The van der Waals surface area contributed by atoms with Crippen molar-refractivity contribution in [3.8, 4) is 0 Å². The lowest BCUT2D eigenvalue weighted by atomic mass is 10.2. The molecule has 6 heteroatoms. The molecule has 2 unspecified atom stereocenters. The summed E-state index contributed by atoms with van der Waals surface area (Å²) in [5.41, 5.74) is 0.574. The van der Waals surface area contributed by atoms with E-state index >= 15 is 0 Å². The first-order valence-electron chi connectivity index (χ1n) is 6.90. The van der Waals surface area contributed by atoms with E-state index in [0.717, 1.165) is 6.42 Å². The summed E-state index contributed by atoms with van der Waals surface area (Å²) in [6, 6.07) is 1.65. The molecule has 1 heterocycles. The molecule has 5 nitrogen and oxygen atoms in total. The second-order valence-corrected chi connectivity index (χ2v) is 6.08. The Morgan fingerprint density at radius 1 is 1.45 bits per heavy atom. The van der Waals surface area contributed by atoms with Crippen molar-refractivity contribution in [2.75, 3.05) is 0 Å². The molecule has 0 fully saturated rings. The van der Waals surface area contributed by atoms with Gasteiger partial charge in [-0.15, -0.1) is 0 Å². The molecule has 0 aliphatic heterocycles. The van der Waals surface area contributed by atoms with E-state index in [1.165, 1.54) is 22.4 Å². The number of nitrogens with one attached hydrogen (secondary N) is 1. The fourth-order valence-electron chi connectivity index (χ4n) is 1.62. The highest BCUT2D eigenvalue weighted by atomic mass is 32.2. The van der Waals surface area contributed by atoms with E-state index in [9.17, 15) is 9.59 Å². The van der Waals surface area contributed by atoms with Crippen molar-refractivity contribution in [3.63, 3.8) is 0 Å². The zero-order valence-corrected chi connectivity index (χ0v) is 13.6. The van der Waals surface area contributed by atoms with Gasteiger partial charge in [-0.1, -0.05) is 25.6 Å². The van der Waals surface area contributed by atoms with Crippen LogP contribution >= 0.6 is 11.8 Å². The molecule has 0 spiro atoms. The number of amides is 1. The van der Waals surface area contributed by atoms with Crippen LogP contribution in [0.25, 0.3) is 0 Å². The topological polar surface area (TPSA) is 64.0 Å². The van der Waals surface area contributed by atoms with Gasteiger partial charge in [0.05, 0.1) is 5.25 Å². The van der Waals surface area contributed by atoms with Gasteiger partial charge in [-0.05, 0) is 26.7 Å². The number of nitrogens with zero attached hydrogens (tertiary/aromatic N) is 2. The largest absolute Gasteiger partial charge is 0.353 e. The number of rotatable bonds is 6. The third-order valence-corrected chi connectivity index (χ3v) is 4.54. The summed E-state index contributed by atoms with van der Waals surface area (Å²) in [5.74, 6) is 0.00241. The Labute approximate surface area is 124 Å². The van der Waals surface area contributed by atoms with E-state index in [2.05, 4.69) is 10.3 Å². The third-order valence-electron chi connectivity index (χ3n) is 3.13. The molecule has 2 atom stereocenters. The molecule has 0 bridgehead atoms. The zero-order valence-electron chi connectivity index (χ0n) is 12.8. The normalized spacial score (nSPS) is 13.8. The van der Waals surface area contributed by atoms with Crippen LogP contribution in [0, 0.1) is 6.92 Å². The van der Waals surface area contributed by atoms with Crippen LogP contribution in [0.3, 0.4) is 0 Å². The predicted octanol–water partition coefficient (Wildman–Crippen LogP) is 1.87. The Kier molecular flexibility index (Phi) is 6.26. The van der Waals surface area contributed by atoms with Crippen LogP contribution in [0.4, 0.5) is 0 Å². The molecule has 0 aliphatic rings. The van der Waals surface area contributed by atoms with E-state index in [0.29, 0.717) is 17.3 Å². The van der Waals surface area contributed by atoms with Gasteiger partial charge in [-0.25, -0.2) is 4.98 Å². The van der Waals surface area contributed by atoms with Crippen molar-refractivity contribution >= 4 is 17.7 Å². The summed E-state index contributed by atoms with van der Waals surface area (Å²) in [6.07, 6.45) is 1.59. The Balaban J connectivity index is 2.89. The van der Waals surface area contributed by atoms with Crippen LogP contribution in [0.2, 0.25) is 0 Å². The number of hydrogen-bond acceptors (Lipinski definition) is 4. The minimum absolute atomic E-state index is 0.00241. The van der Waals surface area contributed by atoms with Gasteiger partial charge in [0.2, 0.25) is 5.91 Å².